The number of halogens is 1. The second kappa shape index (κ2) is 6.75. The van der Waals surface area contributed by atoms with E-state index in [4.69, 9.17) is 4.74 Å². The van der Waals surface area contributed by atoms with Gasteiger partial charge in [-0.2, -0.15) is 0 Å². The third-order valence-electron chi connectivity index (χ3n) is 4.12. The Morgan fingerprint density at radius 1 is 1.38 bits per heavy atom. The van der Waals surface area contributed by atoms with Gasteiger partial charge >= 0.3 is 0 Å². The first kappa shape index (κ1) is 14.8. The summed E-state index contributed by atoms with van der Waals surface area (Å²) >= 11 is 3.60. The second-order valence-corrected chi connectivity index (χ2v) is 6.43. The molecule has 1 unspecified atom stereocenters. The molecule has 0 bridgehead atoms. The van der Waals surface area contributed by atoms with Gasteiger partial charge in [-0.3, -0.25) is 4.98 Å². The number of anilines is 1. The van der Waals surface area contributed by atoms with Crippen molar-refractivity contribution < 1.29 is 4.74 Å². The van der Waals surface area contributed by atoms with E-state index in [2.05, 4.69) is 50.9 Å². The normalized spacial score (nSPS) is 19.1. The molecule has 1 aromatic carbocycles. The molecule has 2 heterocycles. The van der Waals surface area contributed by atoms with Crippen molar-refractivity contribution in [2.24, 2.45) is 5.92 Å². The Bertz CT molecular complexity index is 617. The van der Waals surface area contributed by atoms with Crippen LogP contribution in [0.2, 0.25) is 0 Å². The number of nitrogens with zero attached hydrogens (tertiary/aromatic N) is 2. The van der Waals surface area contributed by atoms with Crippen LogP contribution in [-0.2, 0) is 4.74 Å². The topological polar surface area (TPSA) is 25.4 Å². The van der Waals surface area contributed by atoms with E-state index in [0.29, 0.717) is 5.92 Å². The van der Waals surface area contributed by atoms with Crippen molar-refractivity contribution in [1.29, 1.82) is 0 Å². The Labute approximate surface area is 134 Å². The van der Waals surface area contributed by atoms with Crippen LogP contribution in [0.4, 0.5) is 5.69 Å². The van der Waals surface area contributed by atoms with Gasteiger partial charge in [0, 0.05) is 41.4 Å². The highest BCUT2D eigenvalue weighted by Gasteiger charge is 2.21. The summed E-state index contributed by atoms with van der Waals surface area (Å²) in [6.07, 6.45) is 4.41. The Balaban J connectivity index is 1.88. The largest absolute Gasteiger partial charge is 0.381 e. The average Bonchev–Trinajstić information content (AvgIpc) is 2.53. The molecule has 1 aromatic heterocycles. The molecule has 0 aliphatic carbocycles. The fourth-order valence-corrected chi connectivity index (χ4v) is 3.57. The number of para-hydroxylation sites is 1. The molecular formula is C17H21BrN2O. The van der Waals surface area contributed by atoms with Crippen LogP contribution >= 0.6 is 15.9 Å². The van der Waals surface area contributed by atoms with Crippen LogP contribution in [0, 0.1) is 5.92 Å². The van der Waals surface area contributed by atoms with Gasteiger partial charge in [0.25, 0.3) is 0 Å². The van der Waals surface area contributed by atoms with Crippen LogP contribution in [0.25, 0.3) is 10.9 Å². The van der Waals surface area contributed by atoms with Gasteiger partial charge in [-0.15, -0.1) is 0 Å². The zero-order chi connectivity index (χ0) is 14.7. The summed E-state index contributed by atoms with van der Waals surface area (Å²) in [7, 11) is 0. The molecule has 3 rings (SSSR count). The van der Waals surface area contributed by atoms with Crippen molar-refractivity contribution in [3.63, 3.8) is 0 Å². The van der Waals surface area contributed by atoms with E-state index in [9.17, 15) is 0 Å². The highest BCUT2D eigenvalue weighted by Crippen LogP contribution is 2.32. The maximum Gasteiger partial charge on any atom is 0.0864 e. The lowest BCUT2D eigenvalue weighted by Gasteiger charge is -2.34. The van der Waals surface area contributed by atoms with Gasteiger partial charge in [-0.1, -0.05) is 12.1 Å². The van der Waals surface area contributed by atoms with Crippen LogP contribution < -0.4 is 4.90 Å². The molecule has 4 heteroatoms. The van der Waals surface area contributed by atoms with Gasteiger partial charge in [0.05, 0.1) is 12.1 Å². The summed E-state index contributed by atoms with van der Waals surface area (Å²) in [6, 6.07) is 8.43. The van der Waals surface area contributed by atoms with Crippen molar-refractivity contribution >= 4 is 32.5 Å². The Kier molecular flexibility index (Phi) is 4.76. The van der Waals surface area contributed by atoms with Crippen LogP contribution in [0.3, 0.4) is 0 Å². The SMILES string of the molecule is CCOCC1CCCN(c2ccnc3c(Br)cccc23)C1. The van der Waals surface area contributed by atoms with Crippen molar-refractivity contribution in [1.82, 2.24) is 4.98 Å². The summed E-state index contributed by atoms with van der Waals surface area (Å²) < 4.78 is 6.68. The lowest BCUT2D eigenvalue weighted by atomic mass is 9.98. The lowest BCUT2D eigenvalue weighted by molar-refractivity contribution is 0.104. The smallest absolute Gasteiger partial charge is 0.0864 e. The average molecular weight is 349 g/mol. The Morgan fingerprint density at radius 2 is 2.29 bits per heavy atom. The predicted molar refractivity (Wildman–Crippen MR) is 90.9 cm³/mol. The number of hydrogen-bond acceptors (Lipinski definition) is 3. The first-order valence-electron chi connectivity index (χ1n) is 7.65. The summed E-state index contributed by atoms with van der Waals surface area (Å²) in [6.45, 7) is 5.94. The molecule has 112 valence electrons. The number of fused-ring (bicyclic) bond motifs is 1. The van der Waals surface area contributed by atoms with Crippen molar-refractivity contribution in [3.05, 3.63) is 34.9 Å². The number of hydrogen-bond donors (Lipinski definition) is 0. The predicted octanol–water partition coefficient (Wildman–Crippen LogP) is 4.25. The zero-order valence-electron chi connectivity index (χ0n) is 12.4. The van der Waals surface area contributed by atoms with Gasteiger partial charge in [-0.25, -0.2) is 0 Å². The Morgan fingerprint density at radius 3 is 3.14 bits per heavy atom. The molecule has 1 atom stereocenters. The van der Waals surface area contributed by atoms with Crippen LogP contribution in [0.5, 0.6) is 0 Å². The number of rotatable bonds is 4. The molecule has 1 saturated heterocycles. The van der Waals surface area contributed by atoms with E-state index in [0.717, 1.165) is 36.3 Å². The fraction of sp³-hybridized carbons (Fsp3) is 0.471. The molecule has 3 nitrogen and oxygen atoms in total. The van der Waals surface area contributed by atoms with E-state index < -0.39 is 0 Å². The number of pyridine rings is 1. The van der Waals surface area contributed by atoms with Crippen LogP contribution in [0.15, 0.2) is 34.9 Å². The van der Waals surface area contributed by atoms with Crippen molar-refractivity contribution in [3.8, 4) is 0 Å². The Hall–Kier alpha value is -1.13. The molecule has 0 amide bonds. The number of ether oxygens (including phenoxy) is 1. The molecule has 1 fully saturated rings. The summed E-state index contributed by atoms with van der Waals surface area (Å²) in [5.41, 5.74) is 2.34. The maximum absolute atomic E-state index is 5.62. The number of benzene rings is 1. The van der Waals surface area contributed by atoms with E-state index in [-0.39, 0.29) is 0 Å². The first-order valence-corrected chi connectivity index (χ1v) is 8.45. The highest BCUT2D eigenvalue weighted by molar-refractivity contribution is 9.10. The van der Waals surface area contributed by atoms with Gasteiger partial charge in [0.2, 0.25) is 0 Å². The van der Waals surface area contributed by atoms with Gasteiger partial charge in [0.15, 0.2) is 0 Å². The highest BCUT2D eigenvalue weighted by atomic mass is 79.9. The van der Waals surface area contributed by atoms with Crippen molar-refractivity contribution in [2.75, 3.05) is 31.2 Å². The second-order valence-electron chi connectivity index (χ2n) is 5.58. The van der Waals surface area contributed by atoms with Crippen molar-refractivity contribution in [2.45, 2.75) is 19.8 Å². The quantitative estimate of drug-likeness (QED) is 0.825. The number of aromatic nitrogens is 1. The molecular weight excluding hydrogens is 328 g/mol. The summed E-state index contributed by atoms with van der Waals surface area (Å²) in [4.78, 5) is 7.00. The van der Waals surface area contributed by atoms with Gasteiger partial charge < -0.3 is 9.64 Å². The molecule has 21 heavy (non-hydrogen) atoms. The summed E-state index contributed by atoms with van der Waals surface area (Å²) in [5.74, 6) is 0.633. The fourth-order valence-electron chi connectivity index (χ4n) is 3.11. The molecule has 0 N–H and O–H groups in total. The minimum atomic E-state index is 0.633. The van der Waals surface area contributed by atoms with E-state index in [1.54, 1.807) is 0 Å². The molecule has 1 aliphatic rings. The van der Waals surface area contributed by atoms with Crippen LogP contribution in [0.1, 0.15) is 19.8 Å². The van der Waals surface area contributed by atoms with Gasteiger partial charge in [-0.05, 0) is 53.7 Å². The van der Waals surface area contributed by atoms with E-state index >= 15 is 0 Å². The lowest BCUT2D eigenvalue weighted by Crippen LogP contribution is -2.37. The monoisotopic (exact) mass is 348 g/mol. The minimum Gasteiger partial charge on any atom is -0.381 e. The maximum atomic E-state index is 5.62. The summed E-state index contributed by atoms with van der Waals surface area (Å²) in [5, 5.41) is 1.23. The third kappa shape index (κ3) is 3.22. The third-order valence-corrected chi connectivity index (χ3v) is 4.76. The minimum absolute atomic E-state index is 0.633. The standard InChI is InChI=1S/C17H21BrN2O/c1-2-21-12-13-5-4-10-20(11-13)16-8-9-19-17-14(16)6-3-7-15(17)18/h3,6-9,13H,2,4-5,10-12H2,1H3. The van der Waals surface area contributed by atoms with Gasteiger partial charge in [0.1, 0.15) is 0 Å². The molecule has 1 aliphatic heterocycles. The molecule has 2 aromatic rings. The zero-order valence-corrected chi connectivity index (χ0v) is 14.0. The number of piperidine rings is 1. The molecule has 0 radical (unpaired) electrons. The van der Waals surface area contributed by atoms with E-state index in [1.165, 1.54) is 23.9 Å². The van der Waals surface area contributed by atoms with E-state index in [1.807, 2.05) is 12.3 Å². The molecule has 0 saturated carbocycles. The van der Waals surface area contributed by atoms with Crippen LogP contribution in [-0.4, -0.2) is 31.3 Å². The first-order chi connectivity index (χ1) is 10.3. The molecule has 0 spiro atoms.